The Labute approximate surface area is 84.1 Å². The van der Waals surface area contributed by atoms with Crippen LogP contribution in [0.4, 0.5) is 0 Å². The summed E-state index contributed by atoms with van der Waals surface area (Å²) in [6, 6.07) is 0. The molecule has 5 heteroatoms. The zero-order chi connectivity index (χ0) is 8.85. The lowest BCUT2D eigenvalue weighted by Gasteiger charge is -2.11. The predicted octanol–water partition coefficient (Wildman–Crippen LogP) is -3.39. The van der Waals surface area contributed by atoms with Gasteiger partial charge in [-0.2, -0.15) is 0 Å². The first-order valence-corrected chi connectivity index (χ1v) is 4.11. The van der Waals surface area contributed by atoms with Gasteiger partial charge in [0, 0.05) is 6.42 Å². The number of aliphatic carboxylic acids is 1. The van der Waals surface area contributed by atoms with Crippen molar-refractivity contribution in [2.45, 2.75) is 18.2 Å². The number of alkyl halides is 1. The fourth-order valence-corrected chi connectivity index (χ4v) is 1.24. The summed E-state index contributed by atoms with van der Waals surface area (Å²) >= 11 is 5.84. The summed E-state index contributed by atoms with van der Waals surface area (Å²) in [7, 11) is 3.99. The fourth-order valence-electron chi connectivity index (χ4n) is 0.825. The fraction of sp³-hybridized carbons (Fsp3) is 0.857. The number of nitrogens with one attached hydrogen (secondary N) is 1. The number of rotatable bonds is 5. The highest BCUT2D eigenvalue weighted by Crippen LogP contribution is 2.02. The molecule has 0 aliphatic heterocycles. The maximum Gasteiger partial charge on any atom is 0.303 e. The molecule has 0 saturated heterocycles. The Kier molecular flexibility index (Phi) is 9.26. The molecule has 3 nitrogen and oxygen atoms in total. The lowest BCUT2D eigenvalue weighted by molar-refractivity contribution is -0.857. The van der Waals surface area contributed by atoms with E-state index in [1.807, 2.05) is 14.1 Å². The van der Waals surface area contributed by atoms with E-state index in [2.05, 4.69) is 0 Å². The van der Waals surface area contributed by atoms with Crippen LogP contribution in [0.25, 0.3) is 0 Å². The van der Waals surface area contributed by atoms with Crippen LogP contribution in [0.5, 0.6) is 0 Å². The molecule has 0 aromatic carbocycles. The van der Waals surface area contributed by atoms with E-state index in [1.54, 1.807) is 0 Å². The maximum atomic E-state index is 10.1. The van der Waals surface area contributed by atoms with Crippen LogP contribution in [-0.4, -0.2) is 37.1 Å². The minimum absolute atomic E-state index is 0. The SMILES string of the molecule is C[NH+](C)CC(Cl)CCC(=O)O.[Cl-]. The van der Waals surface area contributed by atoms with E-state index in [1.165, 1.54) is 4.90 Å². The number of carbonyl (C=O) groups is 1. The Bertz CT molecular complexity index is 131. The van der Waals surface area contributed by atoms with E-state index in [0.29, 0.717) is 6.42 Å². The maximum absolute atomic E-state index is 10.1. The molecular weight excluding hydrogens is 201 g/mol. The van der Waals surface area contributed by atoms with Crippen molar-refractivity contribution in [3.8, 4) is 0 Å². The van der Waals surface area contributed by atoms with Gasteiger partial charge in [-0.25, -0.2) is 0 Å². The molecule has 0 aliphatic rings. The van der Waals surface area contributed by atoms with Crippen molar-refractivity contribution in [1.82, 2.24) is 0 Å². The van der Waals surface area contributed by atoms with Crippen LogP contribution in [0.2, 0.25) is 0 Å². The average molecular weight is 216 g/mol. The van der Waals surface area contributed by atoms with Crippen LogP contribution in [0, 0.1) is 0 Å². The summed E-state index contributed by atoms with van der Waals surface area (Å²) in [6.07, 6.45) is 0.726. The highest BCUT2D eigenvalue weighted by molar-refractivity contribution is 6.20. The van der Waals surface area contributed by atoms with E-state index >= 15 is 0 Å². The highest BCUT2D eigenvalue weighted by atomic mass is 35.5. The van der Waals surface area contributed by atoms with E-state index in [0.717, 1.165) is 6.54 Å². The van der Waals surface area contributed by atoms with E-state index in [4.69, 9.17) is 16.7 Å². The molecule has 1 atom stereocenters. The van der Waals surface area contributed by atoms with Gasteiger partial charge in [0.05, 0.1) is 26.0 Å². The van der Waals surface area contributed by atoms with Crippen molar-refractivity contribution in [3.63, 3.8) is 0 Å². The average Bonchev–Trinajstić information content (AvgIpc) is 1.82. The van der Waals surface area contributed by atoms with Crippen LogP contribution < -0.4 is 17.3 Å². The van der Waals surface area contributed by atoms with Crippen molar-refractivity contribution in [1.29, 1.82) is 0 Å². The van der Waals surface area contributed by atoms with Gasteiger partial charge in [-0.1, -0.05) is 0 Å². The molecule has 0 spiro atoms. The Morgan fingerprint density at radius 3 is 2.42 bits per heavy atom. The first kappa shape index (κ1) is 14.5. The second kappa shape index (κ2) is 7.65. The number of halogens is 2. The predicted molar refractivity (Wildman–Crippen MR) is 44.2 cm³/mol. The number of hydrogen-bond donors (Lipinski definition) is 2. The van der Waals surface area contributed by atoms with Crippen molar-refractivity contribution < 1.29 is 27.2 Å². The Morgan fingerprint density at radius 2 is 2.08 bits per heavy atom. The Morgan fingerprint density at radius 1 is 1.58 bits per heavy atom. The van der Waals surface area contributed by atoms with Crippen molar-refractivity contribution in [2.24, 2.45) is 0 Å². The molecule has 0 aromatic heterocycles. The number of hydrogen-bond acceptors (Lipinski definition) is 1. The van der Waals surface area contributed by atoms with Gasteiger partial charge in [0.25, 0.3) is 0 Å². The molecule has 74 valence electrons. The van der Waals surface area contributed by atoms with Crippen LogP contribution in [-0.2, 0) is 4.79 Å². The highest BCUT2D eigenvalue weighted by Gasteiger charge is 2.09. The summed E-state index contributed by atoms with van der Waals surface area (Å²) in [6.45, 7) is 0.814. The molecule has 0 saturated carbocycles. The molecule has 0 amide bonds. The molecule has 0 aliphatic carbocycles. The smallest absolute Gasteiger partial charge is 0.303 e. The monoisotopic (exact) mass is 215 g/mol. The first-order valence-electron chi connectivity index (χ1n) is 3.67. The molecule has 1 unspecified atom stereocenters. The summed E-state index contributed by atoms with van der Waals surface area (Å²) in [5.74, 6) is -0.774. The van der Waals surface area contributed by atoms with Gasteiger partial charge in [0.2, 0.25) is 0 Å². The standard InChI is InChI=1S/C7H14ClNO2.ClH/c1-9(2)5-6(8)3-4-7(10)11;/h6H,3-5H2,1-2H3,(H,10,11);1H. The largest absolute Gasteiger partial charge is 1.00 e. The molecule has 0 radical (unpaired) electrons. The lowest BCUT2D eigenvalue weighted by atomic mass is 10.2. The summed E-state index contributed by atoms with van der Waals surface area (Å²) in [4.78, 5) is 11.4. The molecular formula is C7H15Cl2NO2. The van der Waals surface area contributed by atoms with E-state index < -0.39 is 5.97 Å². The van der Waals surface area contributed by atoms with Gasteiger partial charge < -0.3 is 22.4 Å². The Hall–Kier alpha value is 0.01000. The third-order valence-corrected chi connectivity index (χ3v) is 1.67. The van der Waals surface area contributed by atoms with Crippen LogP contribution in [0.1, 0.15) is 12.8 Å². The van der Waals surface area contributed by atoms with Gasteiger partial charge >= 0.3 is 5.97 Å². The topological polar surface area (TPSA) is 41.7 Å². The normalized spacial score (nSPS) is 12.3. The van der Waals surface area contributed by atoms with Crippen LogP contribution in [0.3, 0.4) is 0 Å². The zero-order valence-electron chi connectivity index (χ0n) is 7.31. The number of carboxylic acid groups (broad SMARTS) is 1. The molecule has 0 aromatic rings. The van der Waals surface area contributed by atoms with Crippen LogP contribution >= 0.6 is 11.6 Å². The summed E-state index contributed by atoms with van der Waals surface area (Å²) < 4.78 is 0. The van der Waals surface area contributed by atoms with E-state index in [9.17, 15) is 4.79 Å². The summed E-state index contributed by atoms with van der Waals surface area (Å²) in [5, 5.41) is 8.31. The molecule has 0 rings (SSSR count). The summed E-state index contributed by atoms with van der Waals surface area (Å²) in [5.41, 5.74) is 0. The number of carboxylic acids is 1. The molecule has 2 N–H and O–H groups in total. The molecule has 12 heavy (non-hydrogen) atoms. The van der Waals surface area contributed by atoms with Gasteiger partial charge in [-0.05, 0) is 6.42 Å². The van der Waals surface area contributed by atoms with Gasteiger partial charge in [0.1, 0.15) is 0 Å². The van der Waals surface area contributed by atoms with Crippen molar-refractivity contribution in [2.75, 3.05) is 20.6 Å². The van der Waals surface area contributed by atoms with Gasteiger partial charge in [0.15, 0.2) is 0 Å². The zero-order valence-corrected chi connectivity index (χ0v) is 8.82. The quantitative estimate of drug-likeness (QED) is 0.470. The minimum Gasteiger partial charge on any atom is -1.00 e. The van der Waals surface area contributed by atoms with Gasteiger partial charge in [-0.15, -0.1) is 11.6 Å². The minimum atomic E-state index is -0.774. The second-order valence-corrected chi connectivity index (χ2v) is 3.56. The first-order chi connectivity index (χ1) is 5.02. The lowest BCUT2D eigenvalue weighted by Crippen LogP contribution is -3.06. The van der Waals surface area contributed by atoms with E-state index in [-0.39, 0.29) is 24.2 Å². The third kappa shape index (κ3) is 10.0. The molecule has 0 heterocycles. The van der Waals surface area contributed by atoms with Crippen molar-refractivity contribution in [3.05, 3.63) is 0 Å². The van der Waals surface area contributed by atoms with Gasteiger partial charge in [-0.3, -0.25) is 4.79 Å². The third-order valence-electron chi connectivity index (χ3n) is 1.30. The second-order valence-electron chi connectivity index (χ2n) is 2.94. The Balaban J connectivity index is 0. The molecule has 0 bridgehead atoms. The molecule has 0 fully saturated rings. The number of quaternary nitrogens is 1. The van der Waals surface area contributed by atoms with Crippen LogP contribution in [0.15, 0.2) is 0 Å². The van der Waals surface area contributed by atoms with Crippen molar-refractivity contribution >= 4 is 17.6 Å².